The first-order valence-corrected chi connectivity index (χ1v) is 9.53. The van der Waals surface area contributed by atoms with E-state index < -0.39 is 6.61 Å². The van der Waals surface area contributed by atoms with Crippen molar-refractivity contribution in [3.05, 3.63) is 40.3 Å². The Morgan fingerprint density at radius 2 is 2.00 bits per heavy atom. The number of nitrogens with zero attached hydrogens (tertiary/aromatic N) is 3. The molecule has 4 rings (SSSR count). The number of likely N-dealkylation sites (tertiary alicyclic amines) is 2. The number of urea groups is 1. The molecule has 2 aliphatic rings. The SMILES string of the molecule is Cc1nc(CN2CC3(C2)CN(C(=O)Nc2ccc(OC(F)F)cc2)C3)cs1. The molecule has 2 fully saturated rings. The molecule has 0 aliphatic carbocycles. The zero-order chi connectivity index (χ0) is 19.0. The number of carbonyl (C=O) groups is 1. The molecule has 2 aliphatic heterocycles. The number of amides is 2. The molecular weight excluding hydrogens is 374 g/mol. The summed E-state index contributed by atoms with van der Waals surface area (Å²) in [5.74, 6) is 0.0655. The minimum atomic E-state index is -2.86. The van der Waals surface area contributed by atoms with Gasteiger partial charge in [0.15, 0.2) is 0 Å². The van der Waals surface area contributed by atoms with Crippen LogP contribution in [0.25, 0.3) is 0 Å². The highest BCUT2D eigenvalue weighted by molar-refractivity contribution is 7.09. The summed E-state index contributed by atoms with van der Waals surface area (Å²) in [6, 6.07) is 5.74. The number of anilines is 1. The average Bonchev–Trinajstić information content (AvgIpc) is 2.95. The van der Waals surface area contributed by atoms with Gasteiger partial charge >= 0.3 is 12.6 Å². The summed E-state index contributed by atoms with van der Waals surface area (Å²) in [7, 11) is 0. The molecule has 6 nitrogen and oxygen atoms in total. The zero-order valence-electron chi connectivity index (χ0n) is 14.8. The minimum absolute atomic E-state index is 0.0655. The van der Waals surface area contributed by atoms with Crippen molar-refractivity contribution >= 4 is 23.1 Å². The Morgan fingerprint density at radius 3 is 2.59 bits per heavy atom. The summed E-state index contributed by atoms with van der Waals surface area (Å²) in [4.78, 5) is 20.9. The number of rotatable bonds is 5. The van der Waals surface area contributed by atoms with Crippen LogP contribution in [0.15, 0.2) is 29.6 Å². The molecule has 27 heavy (non-hydrogen) atoms. The zero-order valence-corrected chi connectivity index (χ0v) is 15.6. The number of hydrogen-bond acceptors (Lipinski definition) is 5. The standard InChI is InChI=1S/C18H20F2N4O2S/c1-12-21-14(7-27-12)6-23-8-18(9-23)10-24(11-18)17(25)22-13-2-4-15(5-3-13)26-16(19)20/h2-5,7,16H,6,8-11H2,1H3,(H,22,25). The van der Waals surface area contributed by atoms with Gasteiger partial charge in [0, 0.05) is 49.2 Å². The largest absolute Gasteiger partial charge is 0.435 e. The molecule has 0 radical (unpaired) electrons. The highest BCUT2D eigenvalue weighted by atomic mass is 32.1. The number of alkyl halides is 2. The molecule has 3 heterocycles. The third-order valence-electron chi connectivity index (χ3n) is 4.84. The fourth-order valence-electron chi connectivity index (χ4n) is 3.75. The van der Waals surface area contributed by atoms with Gasteiger partial charge in [0.2, 0.25) is 0 Å². The first kappa shape index (κ1) is 18.1. The van der Waals surface area contributed by atoms with E-state index >= 15 is 0 Å². The van der Waals surface area contributed by atoms with Crippen LogP contribution >= 0.6 is 11.3 Å². The number of carbonyl (C=O) groups excluding carboxylic acids is 1. The van der Waals surface area contributed by atoms with E-state index in [9.17, 15) is 13.6 Å². The molecule has 1 N–H and O–H groups in total. The number of nitrogens with one attached hydrogen (secondary N) is 1. The second kappa shape index (κ2) is 7.05. The molecule has 9 heteroatoms. The van der Waals surface area contributed by atoms with Crippen molar-refractivity contribution in [2.45, 2.75) is 20.1 Å². The van der Waals surface area contributed by atoms with Crippen LogP contribution in [0.5, 0.6) is 5.75 Å². The Kier molecular flexibility index (Phi) is 4.73. The molecule has 1 aromatic heterocycles. The molecule has 1 aromatic carbocycles. The normalized spacial score (nSPS) is 18.3. The molecule has 144 valence electrons. The highest BCUT2D eigenvalue weighted by Gasteiger charge is 2.53. The first-order chi connectivity index (χ1) is 12.9. The van der Waals surface area contributed by atoms with E-state index in [-0.39, 0.29) is 17.2 Å². The Morgan fingerprint density at radius 1 is 1.30 bits per heavy atom. The van der Waals surface area contributed by atoms with E-state index in [1.54, 1.807) is 28.4 Å². The molecule has 2 aromatic rings. The van der Waals surface area contributed by atoms with E-state index in [1.165, 1.54) is 12.1 Å². The van der Waals surface area contributed by atoms with Crippen LogP contribution in [0.4, 0.5) is 19.3 Å². The van der Waals surface area contributed by atoms with Crippen LogP contribution < -0.4 is 10.1 Å². The summed E-state index contributed by atoms with van der Waals surface area (Å²) < 4.78 is 28.6. The Balaban J connectivity index is 1.21. The van der Waals surface area contributed by atoms with Gasteiger partial charge in [-0.3, -0.25) is 4.90 Å². The Labute approximate surface area is 159 Å². The summed E-state index contributed by atoms with van der Waals surface area (Å²) in [6.07, 6.45) is 0. The predicted molar refractivity (Wildman–Crippen MR) is 98.2 cm³/mol. The lowest BCUT2D eigenvalue weighted by molar-refractivity contribution is -0.0968. The van der Waals surface area contributed by atoms with Crippen LogP contribution in [-0.2, 0) is 6.54 Å². The van der Waals surface area contributed by atoms with Gasteiger partial charge < -0.3 is 15.0 Å². The molecule has 0 bridgehead atoms. The number of thiazole rings is 1. The highest BCUT2D eigenvalue weighted by Crippen LogP contribution is 2.40. The van der Waals surface area contributed by atoms with Crippen LogP contribution in [0.2, 0.25) is 0 Å². The smallest absolute Gasteiger partial charge is 0.387 e. The maximum atomic E-state index is 12.3. The molecule has 0 atom stereocenters. The van der Waals surface area contributed by atoms with Crippen molar-refractivity contribution in [2.24, 2.45) is 5.41 Å². The summed E-state index contributed by atoms with van der Waals surface area (Å²) in [6.45, 7) is 3.44. The van der Waals surface area contributed by atoms with E-state index in [4.69, 9.17) is 0 Å². The molecule has 0 unspecified atom stereocenters. The van der Waals surface area contributed by atoms with Gasteiger partial charge in [-0.1, -0.05) is 0 Å². The second-order valence-electron chi connectivity index (χ2n) is 7.19. The molecular formula is C18H20F2N4O2S. The van der Waals surface area contributed by atoms with Gasteiger partial charge in [-0.25, -0.2) is 9.78 Å². The number of benzene rings is 1. The van der Waals surface area contributed by atoms with Gasteiger partial charge in [0.25, 0.3) is 0 Å². The van der Waals surface area contributed by atoms with Crippen LogP contribution in [0.3, 0.4) is 0 Å². The minimum Gasteiger partial charge on any atom is -0.435 e. The number of aryl methyl sites for hydroxylation is 1. The van der Waals surface area contributed by atoms with Gasteiger partial charge in [0.05, 0.1) is 10.7 Å². The van der Waals surface area contributed by atoms with Gasteiger partial charge in [-0.2, -0.15) is 8.78 Å². The van der Waals surface area contributed by atoms with Crippen molar-refractivity contribution in [2.75, 3.05) is 31.5 Å². The third kappa shape index (κ3) is 4.03. The summed E-state index contributed by atoms with van der Waals surface area (Å²) in [5.41, 5.74) is 1.87. The topological polar surface area (TPSA) is 57.7 Å². The van der Waals surface area contributed by atoms with Crippen molar-refractivity contribution in [3.8, 4) is 5.75 Å². The molecule has 0 saturated carbocycles. The van der Waals surface area contributed by atoms with E-state index in [0.717, 1.165) is 43.4 Å². The number of hydrogen-bond donors (Lipinski definition) is 1. The van der Waals surface area contributed by atoms with Crippen LogP contribution in [-0.4, -0.2) is 53.6 Å². The number of aromatic nitrogens is 1. The van der Waals surface area contributed by atoms with Crippen molar-refractivity contribution < 1.29 is 18.3 Å². The summed E-state index contributed by atoms with van der Waals surface area (Å²) in [5, 5.41) is 5.97. The van der Waals surface area contributed by atoms with Crippen molar-refractivity contribution in [3.63, 3.8) is 0 Å². The van der Waals surface area contributed by atoms with Gasteiger partial charge in [-0.15, -0.1) is 11.3 Å². The van der Waals surface area contributed by atoms with Crippen molar-refractivity contribution in [1.82, 2.24) is 14.8 Å². The Bertz CT molecular complexity index is 813. The number of ether oxygens (including phenoxy) is 1. The fraction of sp³-hybridized carbons (Fsp3) is 0.444. The maximum Gasteiger partial charge on any atom is 0.387 e. The van der Waals surface area contributed by atoms with Gasteiger partial charge in [0.1, 0.15) is 5.75 Å². The van der Waals surface area contributed by atoms with Gasteiger partial charge in [-0.05, 0) is 31.2 Å². The van der Waals surface area contributed by atoms with Crippen LogP contribution in [0.1, 0.15) is 10.7 Å². The van der Waals surface area contributed by atoms with E-state index in [1.807, 2.05) is 6.92 Å². The fourth-order valence-corrected chi connectivity index (χ4v) is 4.36. The second-order valence-corrected chi connectivity index (χ2v) is 8.25. The monoisotopic (exact) mass is 394 g/mol. The maximum absolute atomic E-state index is 12.3. The van der Waals surface area contributed by atoms with Crippen LogP contribution in [0, 0.1) is 12.3 Å². The molecule has 2 amide bonds. The molecule has 1 spiro atoms. The lowest BCUT2D eigenvalue weighted by atomic mass is 9.73. The van der Waals surface area contributed by atoms with E-state index in [2.05, 4.69) is 25.3 Å². The lowest BCUT2D eigenvalue weighted by Gasteiger charge is -2.60. The molecule has 2 saturated heterocycles. The third-order valence-corrected chi connectivity index (χ3v) is 5.66. The average molecular weight is 394 g/mol. The van der Waals surface area contributed by atoms with E-state index in [0.29, 0.717) is 5.69 Å². The lowest BCUT2D eigenvalue weighted by Crippen LogP contribution is -2.72. The predicted octanol–water partition coefficient (Wildman–Crippen LogP) is 3.40. The number of halogens is 2. The van der Waals surface area contributed by atoms with Crippen molar-refractivity contribution in [1.29, 1.82) is 0 Å². The summed E-state index contributed by atoms with van der Waals surface area (Å²) >= 11 is 1.67. The Hall–Kier alpha value is -2.26. The quantitative estimate of drug-likeness (QED) is 0.845. The first-order valence-electron chi connectivity index (χ1n) is 8.65.